The zero-order chi connectivity index (χ0) is 17.0. The second-order valence-electron chi connectivity index (χ2n) is 5.74. The summed E-state index contributed by atoms with van der Waals surface area (Å²) in [5, 5.41) is 0. The van der Waals surface area contributed by atoms with Crippen LogP contribution in [-0.2, 0) is 0 Å². The minimum absolute atomic E-state index is 0.0134. The molecule has 2 aromatic carbocycles. The third kappa shape index (κ3) is 4.19. The molecule has 0 fully saturated rings. The lowest BCUT2D eigenvalue weighted by atomic mass is 10.0. The fourth-order valence-corrected chi connectivity index (χ4v) is 1.73. The van der Waals surface area contributed by atoms with Gasteiger partial charge in [0.25, 0.3) is 0 Å². The van der Waals surface area contributed by atoms with Crippen LogP contribution in [0.3, 0.4) is 0 Å². The van der Waals surface area contributed by atoms with Crippen LogP contribution in [0.5, 0.6) is 11.5 Å². The summed E-state index contributed by atoms with van der Waals surface area (Å²) in [5.74, 6) is -0.711. The average Bonchev–Trinajstić information content (AvgIpc) is 2.50. The molecule has 0 heterocycles. The topological polar surface area (TPSA) is 35.5 Å². The Hall–Kier alpha value is -2.62. The minimum Gasteiger partial charge on any atom is -0.480 e. The first-order valence-electron chi connectivity index (χ1n) is 7.21. The molecule has 120 valence electrons. The largest absolute Gasteiger partial charge is 0.480 e. The fraction of sp³-hybridized carbons (Fsp3) is 0.211. The number of carbonyl (C=O) groups excluding carboxylic acids is 1. The number of ether oxygens (including phenoxy) is 2. The molecule has 0 saturated carbocycles. The van der Waals surface area contributed by atoms with Gasteiger partial charge in [0, 0.05) is 0 Å². The van der Waals surface area contributed by atoms with Crippen LogP contribution in [0, 0.1) is 5.82 Å². The summed E-state index contributed by atoms with van der Waals surface area (Å²) in [6.07, 6.45) is 0. The lowest BCUT2D eigenvalue weighted by Crippen LogP contribution is -2.29. The van der Waals surface area contributed by atoms with Crippen molar-refractivity contribution >= 4 is 5.97 Å². The van der Waals surface area contributed by atoms with Crippen molar-refractivity contribution in [2.24, 2.45) is 0 Å². The molecule has 23 heavy (non-hydrogen) atoms. The second-order valence-corrected chi connectivity index (χ2v) is 5.74. The number of halogens is 1. The summed E-state index contributed by atoms with van der Waals surface area (Å²) in [4.78, 5) is 12.2. The molecule has 0 radical (unpaired) electrons. The Morgan fingerprint density at radius 2 is 1.78 bits per heavy atom. The van der Waals surface area contributed by atoms with Gasteiger partial charge >= 0.3 is 5.97 Å². The lowest BCUT2D eigenvalue weighted by Gasteiger charge is -2.27. The highest BCUT2D eigenvalue weighted by Crippen LogP contribution is 2.27. The van der Waals surface area contributed by atoms with Crippen molar-refractivity contribution in [3.63, 3.8) is 0 Å². The van der Waals surface area contributed by atoms with Gasteiger partial charge in [-0.1, -0.05) is 24.8 Å². The number of hydrogen-bond donors (Lipinski definition) is 0. The van der Waals surface area contributed by atoms with Gasteiger partial charge in [0.2, 0.25) is 0 Å². The molecule has 3 nitrogen and oxygen atoms in total. The number of hydrogen-bond acceptors (Lipinski definition) is 3. The summed E-state index contributed by atoms with van der Waals surface area (Å²) in [6, 6.07) is 12.6. The number of benzene rings is 2. The highest BCUT2D eigenvalue weighted by Gasteiger charge is 2.23. The number of para-hydroxylation sites is 1. The summed E-state index contributed by atoms with van der Waals surface area (Å²) >= 11 is 0. The van der Waals surface area contributed by atoms with Gasteiger partial charge in [-0.15, -0.1) is 0 Å². The maximum absolute atomic E-state index is 13.9. The summed E-state index contributed by atoms with van der Waals surface area (Å²) < 4.78 is 24.8. The van der Waals surface area contributed by atoms with E-state index in [1.165, 1.54) is 18.2 Å². The Balaban J connectivity index is 2.23. The quantitative estimate of drug-likeness (QED) is 0.453. The molecule has 0 aliphatic rings. The van der Waals surface area contributed by atoms with Gasteiger partial charge in [-0.2, -0.15) is 0 Å². The number of esters is 1. The molecular formula is C19H19FO3. The monoisotopic (exact) mass is 314 g/mol. The molecule has 0 unspecified atom stereocenters. The second kappa shape index (κ2) is 6.65. The van der Waals surface area contributed by atoms with E-state index >= 15 is 0 Å². The van der Waals surface area contributed by atoms with E-state index in [4.69, 9.17) is 9.47 Å². The van der Waals surface area contributed by atoms with Crippen LogP contribution < -0.4 is 9.47 Å². The molecule has 0 aromatic heterocycles. The zero-order valence-corrected chi connectivity index (χ0v) is 13.4. The molecule has 0 atom stereocenters. The van der Waals surface area contributed by atoms with Crippen molar-refractivity contribution in [1.29, 1.82) is 0 Å². The van der Waals surface area contributed by atoms with Crippen LogP contribution in [0.2, 0.25) is 0 Å². The number of carbonyl (C=O) groups is 1. The van der Waals surface area contributed by atoms with Crippen molar-refractivity contribution in [3.8, 4) is 11.5 Å². The molecule has 2 aromatic rings. The highest BCUT2D eigenvalue weighted by atomic mass is 19.1. The van der Waals surface area contributed by atoms with E-state index in [0.717, 1.165) is 5.57 Å². The van der Waals surface area contributed by atoms with Gasteiger partial charge in [-0.3, -0.25) is 0 Å². The van der Waals surface area contributed by atoms with E-state index in [2.05, 4.69) is 6.58 Å². The van der Waals surface area contributed by atoms with Gasteiger partial charge in [0.15, 0.2) is 11.6 Å². The van der Waals surface area contributed by atoms with Crippen LogP contribution in [0.25, 0.3) is 0 Å². The van der Waals surface area contributed by atoms with E-state index in [0.29, 0.717) is 5.75 Å². The van der Waals surface area contributed by atoms with Gasteiger partial charge in [0.05, 0.1) is 5.56 Å². The van der Waals surface area contributed by atoms with E-state index in [1.807, 2.05) is 6.07 Å². The first-order chi connectivity index (χ1) is 10.8. The van der Waals surface area contributed by atoms with E-state index < -0.39 is 17.4 Å². The molecule has 0 aliphatic heterocycles. The van der Waals surface area contributed by atoms with Gasteiger partial charge in [0.1, 0.15) is 11.4 Å². The number of rotatable bonds is 5. The predicted octanol–water partition coefficient (Wildman–Crippen LogP) is 4.78. The molecule has 0 saturated heterocycles. The van der Waals surface area contributed by atoms with Crippen molar-refractivity contribution in [3.05, 3.63) is 72.1 Å². The van der Waals surface area contributed by atoms with Crippen LogP contribution >= 0.6 is 0 Å². The molecule has 0 N–H and O–H groups in total. The predicted molar refractivity (Wildman–Crippen MR) is 87.3 cm³/mol. The molecule has 2 rings (SSSR count). The first kappa shape index (κ1) is 16.7. The SMILES string of the molecule is C=C(C)C(C)(C)Oc1cc(C(=O)Oc2ccccc2)ccc1F. The summed E-state index contributed by atoms with van der Waals surface area (Å²) in [6.45, 7) is 9.19. The summed E-state index contributed by atoms with van der Waals surface area (Å²) in [5.41, 5.74) is 0.208. The lowest BCUT2D eigenvalue weighted by molar-refractivity contribution is 0.0732. The van der Waals surface area contributed by atoms with Crippen molar-refractivity contribution in [1.82, 2.24) is 0 Å². The third-order valence-corrected chi connectivity index (χ3v) is 3.51. The maximum Gasteiger partial charge on any atom is 0.343 e. The Labute approximate surface area is 135 Å². The molecule has 0 amide bonds. The Bertz CT molecular complexity index is 721. The molecule has 0 spiro atoms. The van der Waals surface area contributed by atoms with Crippen LogP contribution in [0.4, 0.5) is 4.39 Å². The third-order valence-electron chi connectivity index (χ3n) is 3.51. The molecule has 4 heteroatoms. The molecule has 0 bridgehead atoms. The van der Waals surface area contributed by atoms with Crippen molar-refractivity contribution < 1.29 is 18.7 Å². The maximum atomic E-state index is 13.9. The Morgan fingerprint density at radius 3 is 2.39 bits per heavy atom. The summed E-state index contributed by atoms with van der Waals surface area (Å²) in [7, 11) is 0. The Kier molecular flexibility index (Phi) is 4.84. The van der Waals surface area contributed by atoms with E-state index in [9.17, 15) is 9.18 Å². The van der Waals surface area contributed by atoms with Crippen LogP contribution in [0.1, 0.15) is 31.1 Å². The smallest absolute Gasteiger partial charge is 0.343 e. The van der Waals surface area contributed by atoms with Gasteiger partial charge < -0.3 is 9.47 Å². The molecular weight excluding hydrogens is 295 g/mol. The zero-order valence-electron chi connectivity index (χ0n) is 13.4. The average molecular weight is 314 g/mol. The van der Waals surface area contributed by atoms with Crippen molar-refractivity contribution in [2.75, 3.05) is 0 Å². The highest BCUT2D eigenvalue weighted by molar-refractivity contribution is 5.91. The fourth-order valence-electron chi connectivity index (χ4n) is 1.73. The molecule has 0 aliphatic carbocycles. The van der Waals surface area contributed by atoms with E-state index in [-0.39, 0.29) is 11.3 Å². The normalized spacial score (nSPS) is 11.0. The van der Waals surface area contributed by atoms with Crippen LogP contribution in [0.15, 0.2) is 60.7 Å². The minimum atomic E-state index is -0.747. The van der Waals surface area contributed by atoms with Gasteiger partial charge in [-0.25, -0.2) is 9.18 Å². The van der Waals surface area contributed by atoms with E-state index in [1.54, 1.807) is 45.0 Å². The standard InChI is InChI=1S/C19H19FO3/c1-13(2)19(3,4)23-17-12-14(10-11-16(17)20)18(21)22-15-8-6-5-7-9-15/h5-12H,1H2,2-4H3. The van der Waals surface area contributed by atoms with Crippen LogP contribution in [-0.4, -0.2) is 11.6 Å². The first-order valence-corrected chi connectivity index (χ1v) is 7.21. The van der Waals surface area contributed by atoms with Gasteiger partial charge in [-0.05, 0) is 56.7 Å². The Morgan fingerprint density at radius 1 is 1.13 bits per heavy atom. The van der Waals surface area contributed by atoms with Crippen molar-refractivity contribution in [2.45, 2.75) is 26.4 Å².